The molecule has 3 rings (SSSR count). The van der Waals surface area contributed by atoms with Crippen molar-refractivity contribution in [1.82, 2.24) is 15.1 Å². The molecule has 0 fully saturated rings. The van der Waals surface area contributed by atoms with Crippen molar-refractivity contribution < 1.29 is 24.2 Å². The van der Waals surface area contributed by atoms with Crippen molar-refractivity contribution in [3.8, 4) is 11.5 Å². The number of carbonyl (C=O) groups is 2. The van der Waals surface area contributed by atoms with E-state index in [0.717, 1.165) is 5.56 Å². The molecule has 2 N–H and O–H groups in total. The van der Waals surface area contributed by atoms with E-state index in [-0.39, 0.29) is 24.1 Å². The smallest absolute Gasteiger partial charge is 0.338 e. The average molecular weight is 331 g/mol. The number of para-hydroxylation sites is 1. The van der Waals surface area contributed by atoms with E-state index in [1.54, 1.807) is 7.11 Å². The fourth-order valence-corrected chi connectivity index (χ4v) is 2.63. The van der Waals surface area contributed by atoms with Crippen LogP contribution in [0.1, 0.15) is 15.9 Å². The maximum atomic E-state index is 12.1. The molecule has 2 aromatic rings. The zero-order chi connectivity index (χ0) is 17.1. The number of nitrogens with zero attached hydrogens (tertiary/aromatic N) is 2. The van der Waals surface area contributed by atoms with Crippen LogP contribution in [-0.2, 0) is 17.8 Å². The summed E-state index contributed by atoms with van der Waals surface area (Å²) in [5, 5.41) is 15.6. The van der Waals surface area contributed by atoms with Gasteiger partial charge in [0.15, 0.2) is 11.5 Å². The van der Waals surface area contributed by atoms with E-state index in [2.05, 4.69) is 10.4 Å². The van der Waals surface area contributed by atoms with E-state index in [4.69, 9.17) is 14.6 Å². The first-order valence-corrected chi connectivity index (χ1v) is 7.40. The summed E-state index contributed by atoms with van der Waals surface area (Å²) in [7, 11) is 1.59. The Morgan fingerprint density at radius 2 is 2.33 bits per heavy atom. The van der Waals surface area contributed by atoms with Gasteiger partial charge in [-0.3, -0.25) is 9.48 Å². The lowest BCUT2D eigenvalue weighted by atomic mass is 10.0. The van der Waals surface area contributed by atoms with Crippen LogP contribution in [-0.4, -0.2) is 46.5 Å². The second-order valence-electron chi connectivity index (χ2n) is 5.46. The van der Waals surface area contributed by atoms with E-state index in [9.17, 15) is 9.59 Å². The van der Waals surface area contributed by atoms with E-state index < -0.39 is 5.97 Å². The normalized spacial score (nSPS) is 16.0. The summed E-state index contributed by atoms with van der Waals surface area (Å²) in [4.78, 5) is 22.9. The van der Waals surface area contributed by atoms with Gasteiger partial charge in [0.2, 0.25) is 5.91 Å². The minimum absolute atomic E-state index is 0.0461. The predicted molar refractivity (Wildman–Crippen MR) is 83.3 cm³/mol. The standard InChI is InChI=1S/C16H17N3O5/c1-23-13-4-2-3-10-5-12(9-24-15(10)13)18-14(20)8-19-7-11(6-17-19)16(21)22/h2-4,6-7,12H,5,8-9H2,1H3,(H,18,20)(H,21,22). The fourth-order valence-electron chi connectivity index (χ4n) is 2.63. The molecule has 126 valence electrons. The van der Waals surface area contributed by atoms with Gasteiger partial charge in [0.25, 0.3) is 0 Å². The molecule has 8 heteroatoms. The summed E-state index contributed by atoms with van der Waals surface area (Å²) in [5.74, 6) is 0.0570. The molecular weight excluding hydrogens is 314 g/mol. The third-order valence-corrected chi connectivity index (χ3v) is 3.73. The second kappa shape index (κ2) is 6.61. The van der Waals surface area contributed by atoms with Crippen LogP contribution in [0, 0.1) is 0 Å². The molecule has 1 aliphatic heterocycles. The van der Waals surface area contributed by atoms with E-state index in [1.807, 2.05) is 18.2 Å². The number of ether oxygens (including phenoxy) is 2. The number of carbonyl (C=O) groups excluding carboxylic acids is 1. The number of carboxylic acid groups (broad SMARTS) is 1. The number of hydrogen-bond acceptors (Lipinski definition) is 5. The molecule has 1 aromatic carbocycles. The Morgan fingerprint density at radius 3 is 3.04 bits per heavy atom. The summed E-state index contributed by atoms with van der Waals surface area (Å²) < 4.78 is 12.3. The van der Waals surface area contributed by atoms with Crippen molar-refractivity contribution >= 4 is 11.9 Å². The zero-order valence-electron chi connectivity index (χ0n) is 13.1. The number of rotatable bonds is 5. The summed E-state index contributed by atoms with van der Waals surface area (Å²) in [6.45, 7) is 0.299. The van der Waals surface area contributed by atoms with Crippen LogP contribution >= 0.6 is 0 Å². The molecule has 24 heavy (non-hydrogen) atoms. The molecular formula is C16H17N3O5. The number of fused-ring (bicyclic) bond motifs is 1. The topological polar surface area (TPSA) is 103 Å². The van der Waals surface area contributed by atoms with Gasteiger partial charge in [0.05, 0.1) is 24.9 Å². The highest BCUT2D eigenvalue weighted by Gasteiger charge is 2.24. The minimum Gasteiger partial charge on any atom is -0.493 e. The van der Waals surface area contributed by atoms with Crippen molar-refractivity contribution in [1.29, 1.82) is 0 Å². The SMILES string of the molecule is COc1cccc2c1OCC(NC(=O)Cn1cc(C(=O)O)cn1)C2. The van der Waals surface area contributed by atoms with Crippen LogP contribution in [0.25, 0.3) is 0 Å². The Hall–Kier alpha value is -3.03. The van der Waals surface area contributed by atoms with Crippen molar-refractivity contribution in [2.75, 3.05) is 13.7 Å². The number of hydrogen-bond donors (Lipinski definition) is 2. The number of aromatic nitrogens is 2. The van der Waals surface area contributed by atoms with Crippen LogP contribution < -0.4 is 14.8 Å². The molecule has 2 heterocycles. The largest absolute Gasteiger partial charge is 0.493 e. The summed E-state index contributed by atoms with van der Waals surface area (Å²) in [6.07, 6.45) is 3.17. The monoisotopic (exact) mass is 331 g/mol. The van der Waals surface area contributed by atoms with Gasteiger partial charge in [0.1, 0.15) is 13.2 Å². The number of aromatic carboxylic acids is 1. The maximum Gasteiger partial charge on any atom is 0.338 e. The van der Waals surface area contributed by atoms with Gasteiger partial charge < -0.3 is 19.9 Å². The highest BCUT2D eigenvalue weighted by Crippen LogP contribution is 2.34. The molecule has 8 nitrogen and oxygen atoms in total. The average Bonchev–Trinajstić information content (AvgIpc) is 3.02. The number of amides is 1. The number of nitrogens with one attached hydrogen (secondary N) is 1. The van der Waals surface area contributed by atoms with E-state index in [0.29, 0.717) is 24.5 Å². The summed E-state index contributed by atoms with van der Waals surface area (Å²) in [6, 6.07) is 5.48. The third-order valence-electron chi connectivity index (χ3n) is 3.73. The quantitative estimate of drug-likeness (QED) is 0.836. The Bertz CT molecular complexity index is 771. The van der Waals surface area contributed by atoms with E-state index >= 15 is 0 Å². The van der Waals surface area contributed by atoms with Crippen molar-refractivity contribution in [2.45, 2.75) is 19.0 Å². The molecule has 1 aliphatic rings. The molecule has 0 bridgehead atoms. The maximum absolute atomic E-state index is 12.1. The van der Waals surface area contributed by atoms with Crippen LogP contribution in [0.5, 0.6) is 11.5 Å². The summed E-state index contributed by atoms with van der Waals surface area (Å²) >= 11 is 0. The van der Waals surface area contributed by atoms with Crippen LogP contribution in [0.4, 0.5) is 0 Å². The molecule has 1 aromatic heterocycles. The molecule has 1 atom stereocenters. The van der Waals surface area contributed by atoms with Gasteiger partial charge in [-0.2, -0.15) is 5.10 Å². The van der Waals surface area contributed by atoms with Crippen LogP contribution in [0.15, 0.2) is 30.6 Å². The molecule has 1 amide bonds. The highest BCUT2D eigenvalue weighted by atomic mass is 16.5. The first-order valence-electron chi connectivity index (χ1n) is 7.40. The Morgan fingerprint density at radius 1 is 1.50 bits per heavy atom. The van der Waals surface area contributed by atoms with Gasteiger partial charge in [-0.05, 0) is 12.5 Å². The molecule has 0 radical (unpaired) electrons. The van der Waals surface area contributed by atoms with Crippen LogP contribution in [0.2, 0.25) is 0 Å². The molecule has 0 spiro atoms. The van der Waals surface area contributed by atoms with E-state index in [1.165, 1.54) is 17.1 Å². The number of carboxylic acids is 1. The van der Waals surface area contributed by atoms with Crippen molar-refractivity contribution in [3.63, 3.8) is 0 Å². The molecule has 1 unspecified atom stereocenters. The van der Waals surface area contributed by atoms with Crippen molar-refractivity contribution in [3.05, 3.63) is 41.7 Å². The van der Waals surface area contributed by atoms with Gasteiger partial charge >= 0.3 is 5.97 Å². The lowest BCUT2D eigenvalue weighted by Gasteiger charge is -2.27. The molecule has 0 saturated carbocycles. The lowest BCUT2D eigenvalue weighted by Crippen LogP contribution is -2.44. The molecule has 0 saturated heterocycles. The zero-order valence-corrected chi connectivity index (χ0v) is 13.1. The number of benzene rings is 1. The summed E-state index contributed by atoms with van der Waals surface area (Å²) in [5.41, 5.74) is 1.02. The van der Waals surface area contributed by atoms with Gasteiger partial charge in [-0.25, -0.2) is 4.79 Å². The number of methoxy groups -OCH3 is 1. The minimum atomic E-state index is -1.08. The highest BCUT2D eigenvalue weighted by molar-refractivity contribution is 5.87. The van der Waals surface area contributed by atoms with Gasteiger partial charge in [0, 0.05) is 11.8 Å². The van der Waals surface area contributed by atoms with Gasteiger partial charge in [-0.15, -0.1) is 0 Å². The Balaban J connectivity index is 1.60. The first-order chi connectivity index (χ1) is 11.6. The van der Waals surface area contributed by atoms with Crippen molar-refractivity contribution in [2.24, 2.45) is 0 Å². The van der Waals surface area contributed by atoms with Crippen LogP contribution in [0.3, 0.4) is 0 Å². The molecule has 0 aliphatic carbocycles. The fraction of sp³-hybridized carbons (Fsp3) is 0.312. The lowest BCUT2D eigenvalue weighted by molar-refractivity contribution is -0.122. The van der Waals surface area contributed by atoms with Gasteiger partial charge in [-0.1, -0.05) is 12.1 Å². The first kappa shape index (κ1) is 15.9. The Labute approximate surface area is 138 Å². The predicted octanol–water partition coefficient (Wildman–Crippen LogP) is 0.710. The second-order valence-corrected chi connectivity index (χ2v) is 5.46. The Kier molecular flexibility index (Phi) is 4.37. The third kappa shape index (κ3) is 3.32.